The number of guanidine groups is 1. The SMILES string of the molecule is CN=C(NCCCN1CCCCCC1)NCCc1coc(-c2ccc(F)cc2)n1.I. The second kappa shape index (κ2) is 13.6. The summed E-state index contributed by atoms with van der Waals surface area (Å²) in [5.74, 6) is 1.05. The molecule has 2 heterocycles. The van der Waals surface area contributed by atoms with E-state index in [2.05, 4.69) is 25.5 Å². The number of oxazole rings is 1. The van der Waals surface area contributed by atoms with Crippen molar-refractivity contribution >= 4 is 29.9 Å². The first kappa shape index (κ1) is 24.6. The van der Waals surface area contributed by atoms with E-state index >= 15 is 0 Å². The van der Waals surface area contributed by atoms with Crippen LogP contribution in [0, 0.1) is 5.82 Å². The van der Waals surface area contributed by atoms with Gasteiger partial charge < -0.3 is 20.0 Å². The average Bonchev–Trinajstić information content (AvgIpc) is 3.05. The van der Waals surface area contributed by atoms with Gasteiger partial charge in [-0.2, -0.15) is 0 Å². The molecule has 2 N–H and O–H groups in total. The number of aliphatic imine (C=N–C) groups is 1. The fourth-order valence-electron chi connectivity index (χ4n) is 3.55. The van der Waals surface area contributed by atoms with Gasteiger partial charge in [0.2, 0.25) is 5.89 Å². The Morgan fingerprint density at radius 2 is 1.80 bits per heavy atom. The molecular formula is C22H33FIN5O. The van der Waals surface area contributed by atoms with Crippen molar-refractivity contribution < 1.29 is 8.81 Å². The van der Waals surface area contributed by atoms with Gasteiger partial charge in [-0.1, -0.05) is 12.8 Å². The van der Waals surface area contributed by atoms with Crippen molar-refractivity contribution in [2.45, 2.75) is 38.5 Å². The molecule has 1 aromatic carbocycles. The first-order chi connectivity index (χ1) is 14.2. The summed E-state index contributed by atoms with van der Waals surface area (Å²) in [6.07, 6.45) is 8.91. The number of aromatic nitrogens is 1. The maximum absolute atomic E-state index is 13.0. The van der Waals surface area contributed by atoms with Crippen molar-refractivity contribution in [1.82, 2.24) is 20.5 Å². The van der Waals surface area contributed by atoms with Crippen LogP contribution in [0.5, 0.6) is 0 Å². The lowest BCUT2D eigenvalue weighted by atomic mass is 10.2. The van der Waals surface area contributed by atoms with Gasteiger partial charge in [0.15, 0.2) is 5.96 Å². The summed E-state index contributed by atoms with van der Waals surface area (Å²) in [6, 6.07) is 6.15. The second-order valence-electron chi connectivity index (χ2n) is 7.44. The lowest BCUT2D eigenvalue weighted by molar-refractivity contribution is 0.282. The summed E-state index contributed by atoms with van der Waals surface area (Å²) in [5, 5.41) is 6.70. The van der Waals surface area contributed by atoms with Gasteiger partial charge in [-0.3, -0.25) is 4.99 Å². The number of likely N-dealkylation sites (tertiary alicyclic amines) is 1. The lowest BCUT2D eigenvalue weighted by Crippen LogP contribution is -2.39. The molecule has 0 atom stereocenters. The summed E-state index contributed by atoms with van der Waals surface area (Å²) < 4.78 is 18.5. The molecule has 0 aliphatic carbocycles. The van der Waals surface area contributed by atoms with Crippen LogP contribution in [0.4, 0.5) is 4.39 Å². The topological polar surface area (TPSA) is 65.7 Å². The first-order valence-corrected chi connectivity index (χ1v) is 10.6. The van der Waals surface area contributed by atoms with Crippen molar-refractivity contribution in [2.75, 3.05) is 39.8 Å². The van der Waals surface area contributed by atoms with Crippen LogP contribution >= 0.6 is 24.0 Å². The van der Waals surface area contributed by atoms with E-state index in [1.807, 2.05) is 0 Å². The third kappa shape index (κ3) is 8.22. The van der Waals surface area contributed by atoms with Gasteiger partial charge >= 0.3 is 0 Å². The van der Waals surface area contributed by atoms with Gasteiger partial charge in [0.1, 0.15) is 12.1 Å². The zero-order chi connectivity index (χ0) is 20.3. The summed E-state index contributed by atoms with van der Waals surface area (Å²) in [4.78, 5) is 11.3. The van der Waals surface area contributed by atoms with E-state index in [0.29, 0.717) is 12.4 Å². The fraction of sp³-hybridized carbons (Fsp3) is 0.545. The van der Waals surface area contributed by atoms with E-state index in [1.165, 1.54) is 50.9 Å². The van der Waals surface area contributed by atoms with Crippen LogP contribution in [0.2, 0.25) is 0 Å². The number of halogens is 2. The van der Waals surface area contributed by atoms with E-state index < -0.39 is 0 Å². The van der Waals surface area contributed by atoms with Crippen LogP contribution in [0.3, 0.4) is 0 Å². The highest BCUT2D eigenvalue weighted by Gasteiger charge is 2.09. The molecule has 0 radical (unpaired) electrons. The Morgan fingerprint density at radius 1 is 1.10 bits per heavy atom. The van der Waals surface area contributed by atoms with Crippen LogP contribution in [0.25, 0.3) is 11.5 Å². The Labute approximate surface area is 195 Å². The molecule has 0 unspecified atom stereocenters. The predicted molar refractivity (Wildman–Crippen MR) is 130 cm³/mol. The van der Waals surface area contributed by atoms with E-state index in [0.717, 1.165) is 43.1 Å². The zero-order valence-corrected chi connectivity index (χ0v) is 20.0. The van der Waals surface area contributed by atoms with Gasteiger partial charge in [-0.15, -0.1) is 24.0 Å². The quantitative estimate of drug-likeness (QED) is 0.234. The number of hydrogen-bond acceptors (Lipinski definition) is 4. The molecule has 1 fully saturated rings. The van der Waals surface area contributed by atoms with E-state index in [4.69, 9.17) is 4.42 Å². The summed E-state index contributed by atoms with van der Waals surface area (Å²) >= 11 is 0. The second-order valence-corrected chi connectivity index (χ2v) is 7.44. The standard InChI is InChI=1S/C22H32FN5O.HI/c1-24-22(25-12-6-16-28-14-4-2-3-5-15-28)26-13-11-20-17-29-21(27-20)18-7-9-19(23)10-8-18;/h7-10,17H,2-6,11-16H2,1H3,(H2,24,25,26);1H. The first-order valence-electron chi connectivity index (χ1n) is 10.6. The molecule has 0 spiro atoms. The molecule has 0 amide bonds. The molecular weight excluding hydrogens is 496 g/mol. The summed E-state index contributed by atoms with van der Waals surface area (Å²) in [6.45, 7) is 5.25. The highest BCUT2D eigenvalue weighted by Crippen LogP contribution is 2.19. The van der Waals surface area contributed by atoms with Crippen LogP contribution in [0.15, 0.2) is 39.9 Å². The van der Waals surface area contributed by atoms with Crippen molar-refractivity contribution in [2.24, 2.45) is 4.99 Å². The summed E-state index contributed by atoms with van der Waals surface area (Å²) in [5.41, 5.74) is 1.63. The average molecular weight is 529 g/mol. The van der Waals surface area contributed by atoms with Crippen LogP contribution in [-0.2, 0) is 6.42 Å². The van der Waals surface area contributed by atoms with Gasteiger partial charge in [0, 0.05) is 32.1 Å². The molecule has 6 nitrogen and oxygen atoms in total. The van der Waals surface area contributed by atoms with Crippen LogP contribution in [-0.4, -0.2) is 55.6 Å². The molecule has 0 bridgehead atoms. The lowest BCUT2D eigenvalue weighted by Gasteiger charge is -2.20. The molecule has 2 aromatic rings. The van der Waals surface area contributed by atoms with E-state index in [9.17, 15) is 4.39 Å². The highest BCUT2D eigenvalue weighted by atomic mass is 127. The molecule has 3 rings (SSSR count). The molecule has 166 valence electrons. The Bertz CT molecular complexity index is 757. The normalized spacial score (nSPS) is 15.3. The Morgan fingerprint density at radius 3 is 2.50 bits per heavy atom. The van der Waals surface area contributed by atoms with Gasteiger partial charge in [-0.25, -0.2) is 9.37 Å². The largest absolute Gasteiger partial charge is 0.444 e. The third-order valence-corrected chi connectivity index (χ3v) is 5.18. The van der Waals surface area contributed by atoms with Gasteiger partial charge in [-0.05, 0) is 63.2 Å². The predicted octanol–water partition coefficient (Wildman–Crippen LogP) is 4.07. The molecule has 1 aliphatic heterocycles. The van der Waals surface area contributed by atoms with Crippen molar-refractivity contribution in [3.63, 3.8) is 0 Å². The fourth-order valence-corrected chi connectivity index (χ4v) is 3.55. The number of rotatable bonds is 8. The zero-order valence-electron chi connectivity index (χ0n) is 17.7. The van der Waals surface area contributed by atoms with Crippen molar-refractivity contribution in [1.29, 1.82) is 0 Å². The minimum atomic E-state index is -0.268. The molecule has 1 saturated heterocycles. The maximum Gasteiger partial charge on any atom is 0.226 e. The number of nitrogens with one attached hydrogen (secondary N) is 2. The van der Waals surface area contributed by atoms with Gasteiger partial charge in [0.05, 0.1) is 5.69 Å². The molecule has 1 aromatic heterocycles. The number of hydrogen-bond donors (Lipinski definition) is 2. The Kier molecular flexibility index (Phi) is 11.1. The maximum atomic E-state index is 13.0. The molecule has 30 heavy (non-hydrogen) atoms. The highest BCUT2D eigenvalue weighted by molar-refractivity contribution is 14.0. The van der Waals surface area contributed by atoms with Gasteiger partial charge in [0.25, 0.3) is 0 Å². The minimum absolute atomic E-state index is 0. The smallest absolute Gasteiger partial charge is 0.226 e. The number of nitrogens with zero attached hydrogens (tertiary/aromatic N) is 3. The third-order valence-electron chi connectivity index (χ3n) is 5.18. The molecule has 1 aliphatic rings. The minimum Gasteiger partial charge on any atom is -0.444 e. The Balaban J connectivity index is 0.00000320. The molecule has 0 saturated carbocycles. The Hall–Kier alpha value is -1.68. The van der Waals surface area contributed by atoms with Crippen molar-refractivity contribution in [3.8, 4) is 11.5 Å². The van der Waals surface area contributed by atoms with E-state index in [-0.39, 0.29) is 29.8 Å². The van der Waals surface area contributed by atoms with E-state index in [1.54, 1.807) is 25.4 Å². The number of benzene rings is 1. The van der Waals surface area contributed by atoms with Crippen LogP contribution in [0.1, 0.15) is 37.8 Å². The molecule has 8 heteroatoms. The summed E-state index contributed by atoms with van der Waals surface area (Å²) in [7, 11) is 1.78. The van der Waals surface area contributed by atoms with Crippen LogP contribution < -0.4 is 10.6 Å². The monoisotopic (exact) mass is 529 g/mol. The van der Waals surface area contributed by atoms with Crippen molar-refractivity contribution in [3.05, 3.63) is 42.0 Å².